The molecule has 2 aromatic carbocycles. The molecule has 30 heavy (non-hydrogen) atoms. The highest BCUT2D eigenvalue weighted by Crippen LogP contribution is 2.39. The van der Waals surface area contributed by atoms with Gasteiger partial charge in [0.05, 0.1) is 6.54 Å². The molecule has 1 spiro atoms. The summed E-state index contributed by atoms with van der Waals surface area (Å²) in [6.07, 6.45) is 4.30. The van der Waals surface area contributed by atoms with Gasteiger partial charge in [-0.3, -0.25) is 14.5 Å². The molecule has 0 radical (unpaired) electrons. The molecular weight excluding hydrogens is 376 g/mol. The molecule has 0 saturated carbocycles. The molecule has 5 heteroatoms. The van der Waals surface area contributed by atoms with Crippen molar-refractivity contribution in [2.24, 2.45) is 0 Å². The van der Waals surface area contributed by atoms with Crippen molar-refractivity contribution in [2.75, 3.05) is 6.54 Å². The molecule has 1 fully saturated rings. The lowest BCUT2D eigenvalue weighted by molar-refractivity contribution is -0.131. The minimum atomic E-state index is -1.05. The Morgan fingerprint density at radius 3 is 2.57 bits per heavy atom. The van der Waals surface area contributed by atoms with Crippen LogP contribution < -0.4 is 5.32 Å². The molecule has 3 amide bonds. The van der Waals surface area contributed by atoms with E-state index in [0.717, 1.165) is 41.7 Å². The smallest absolute Gasteiger partial charge is 0.319 e. The fourth-order valence-corrected chi connectivity index (χ4v) is 4.58. The second kappa shape index (κ2) is 8.05. The van der Waals surface area contributed by atoms with E-state index >= 15 is 0 Å². The summed E-state index contributed by atoms with van der Waals surface area (Å²) < 4.78 is 0. The van der Waals surface area contributed by atoms with Crippen LogP contribution in [0.5, 0.6) is 0 Å². The Labute approximate surface area is 177 Å². The number of aryl methyl sites for hydroxylation is 1. The van der Waals surface area contributed by atoms with Gasteiger partial charge >= 0.3 is 6.03 Å². The normalized spacial score (nSPS) is 21.9. The summed E-state index contributed by atoms with van der Waals surface area (Å²) in [4.78, 5) is 40.2. The van der Waals surface area contributed by atoms with Gasteiger partial charge in [0.1, 0.15) is 5.54 Å². The topological polar surface area (TPSA) is 66.5 Å². The van der Waals surface area contributed by atoms with Crippen LogP contribution in [-0.4, -0.2) is 29.2 Å². The third-order valence-electron chi connectivity index (χ3n) is 6.62. The van der Waals surface area contributed by atoms with Crippen molar-refractivity contribution >= 4 is 17.7 Å². The zero-order valence-electron chi connectivity index (χ0n) is 17.6. The fraction of sp³-hybridized carbons (Fsp3) is 0.400. The number of benzene rings is 2. The first-order chi connectivity index (χ1) is 14.5. The quantitative estimate of drug-likeness (QED) is 0.587. The highest BCUT2D eigenvalue weighted by atomic mass is 16.2. The third kappa shape index (κ3) is 3.42. The van der Waals surface area contributed by atoms with Gasteiger partial charge in [-0.15, -0.1) is 0 Å². The van der Waals surface area contributed by atoms with E-state index in [1.54, 1.807) is 12.1 Å². The van der Waals surface area contributed by atoms with Gasteiger partial charge in [0, 0.05) is 5.56 Å². The summed E-state index contributed by atoms with van der Waals surface area (Å²) in [7, 11) is 0. The second-order valence-electron chi connectivity index (χ2n) is 8.45. The first-order valence-corrected chi connectivity index (χ1v) is 10.8. The summed E-state index contributed by atoms with van der Waals surface area (Å²) in [5.74, 6) is -0.116. The van der Waals surface area contributed by atoms with Crippen molar-refractivity contribution < 1.29 is 14.4 Å². The van der Waals surface area contributed by atoms with Crippen molar-refractivity contribution in [2.45, 2.75) is 57.4 Å². The number of ketones is 1. The lowest BCUT2D eigenvalue weighted by Crippen LogP contribution is -2.44. The Balaban J connectivity index is 1.57. The van der Waals surface area contributed by atoms with Gasteiger partial charge in [-0.05, 0) is 54.7 Å². The molecule has 2 aliphatic rings. The molecule has 5 nitrogen and oxygen atoms in total. The summed E-state index contributed by atoms with van der Waals surface area (Å²) >= 11 is 0. The number of rotatable bonds is 5. The maximum Gasteiger partial charge on any atom is 0.325 e. The van der Waals surface area contributed by atoms with Crippen LogP contribution in [0.1, 0.15) is 72.5 Å². The highest BCUT2D eigenvalue weighted by Gasteiger charge is 2.53. The van der Waals surface area contributed by atoms with E-state index in [4.69, 9.17) is 0 Å². The van der Waals surface area contributed by atoms with Crippen molar-refractivity contribution in [1.82, 2.24) is 10.2 Å². The monoisotopic (exact) mass is 404 g/mol. The van der Waals surface area contributed by atoms with Crippen LogP contribution in [0.2, 0.25) is 0 Å². The summed E-state index contributed by atoms with van der Waals surface area (Å²) in [5.41, 5.74) is 2.61. The first kappa shape index (κ1) is 20.3. The molecule has 1 saturated heterocycles. The minimum Gasteiger partial charge on any atom is -0.319 e. The number of carbonyl (C=O) groups excluding carboxylic acids is 3. The molecule has 0 bridgehead atoms. The van der Waals surface area contributed by atoms with Crippen molar-refractivity contribution in [1.29, 1.82) is 0 Å². The first-order valence-electron chi connectivity index (χ1n) is 10.8. The second-order valence-corrected chi connectivity index (χ2v) is 8.45. The Bertz CT molecular complexity index is 982. The van der Waals surface area contributed by atoms with Crippen LogP contribution in [0, 0.1) is 0 Å². The minimum absolute atomic E-state index is 0.229. The summed E-state index contributed by atoms with van der Waals surface area (Å²) in [5, 5.41) is 2.94. The standard InChI is InChI=1S/C25H28N2O3/c1-3-17(2)18-11-13-20(14-12-18)22(28)16-27-23(29)25(26-24(27)30)15-7-6-9-19-8-4-5-10-21(19)25/h4-5,8,10-14,17H,3,6-7,9,15-16H2,1-2H3,(H,26,30)/t17-,25+/m0/s1. The Hall–Kier alpha value is -2.95. The number of imide groups is 1. The Morgan fingerprint density at radius 2 is 1.83 bits per heavy atom. The van der Waals surface area contributed by atoms with E-state index in [-0.39, 0.29) is 18.2 Å². The lowest BCUT2D eigenvalue weighted by Gasteiger charge is -2.27. The molecule has 0 aromatic heterocycles. The average Bonchev–Trinajstić information content (AvgIpc) is 2.91. The van der Waals surface area contributed by atoms with Crippen molar-refractivity contribution in [3.63, 3.8) is 0 Å². The molecule has 156 valence electrons. The fourth-order valence-electron chi connectivity index (χ4n) is 4.58. The molecule has 2 aromatic rings. The molecule has 1 N–H and O–H groups in total. The van der Waals surface area contributed by atoms with E-state index in [0.29, 0.717) is 17.9 Å². The van der Waals surface area contributed by atoms with Gasteiger partial charge in [0.25, 0.3) is 5.91 Å². The maximum atomic E-state index is 13.4. The number of hydrogen-bond donors (Lipinski definition) is 1. The number of amides is 3. The van der Waals surface area contributed by atoms with Crippen LogP contribution in [0.25, 0.3) is 0 Å². The molecule has 1 heterocycles. The van der Waals surface area contributed by atoms with Gasteiger partial charge in [-0.1, -0.05) is 62.4 Å². The molecule has 4 rings (SSSR count). The summed E-state index contributed by atoms with van der Waals surface area (Å²) in [6.45, 7) is 4.04. The number of carbonyl (C=O) groups is 3. The molecule has 0 unspecified atom stereocenters. The third-order valence-corrected chi connectivity index (χ3v) is 6.62. The van der Waals surface area contributed by atoms with Crippen LogP contribution >= 0.6 is 0 Å². The van der Waals surface area contributed by atoms with Crippen LogP contribution in [0.4, 0.5) is 4.79 Å². The maximum absolute atomic E-state index is 13.4. The molecular formula is C25H28N2O3. The van der Waals surface area contributed by atoms with Gasteiger partial charge in [0.2, 0.25) is 0 Å². The van der Waals surface area contributed by atoms with E-state index in [1.807, 2.05) is 36.4 Å². The number of fused-ring (bicyclic) bond motifs is 2. The lowest BCUT2D eigenvalue weighted by atomic mass is 9.84. The summed E-state index contributed by atoms with van der Waals surface area (Å²) in [6, 6.07) is 14.8. The van der Waals surface area contributed by atoms with Gasteiger partial charge < -0.3 is 5.32 Å². The predicted octanol–water partition coefficient (Wildman–Crippen LogP) is 4.56. The van der Waals surface area contributed by atoms with E-state index in [2.05, 4.69) is 19.2 Å². The van der Waals surface area contributed by atoms with Crippen LogP contribution in [0.15, 0.2) is 48.5 Å². The predicted molar refractivity (Wildman–Crippen MR) is 115 cm³/mol. The SMILES string of the molecule is CC[C@H](C)c1ccc(C(=O)CN2C(=O)N[C@@]3(CCCCc4ccccc43)C2=O)cc1. The molecule has 2 atom stereocenters. The molecule has 1 aliphatic carbocycles. The average molecular weight is 405 g/mol. The largest absolute Gasteiger partial charge is 0.325 e. The zero-order chi connectivity index (χ0) is 21.3. The number of nitrogens with zero attached hydrogens (tertiary/aromatic N) is 1. The van der Waals surface area contributed by atoms with E-state index in [9.17, 15) is 14.4 Å². The van der Waals surface area contributed by atoms with Crippen molar-refractivity contribution in [3.05, 3.63) is 70.8 Å². The van der Waals surface area contributed by atoms with Crippen molar-refractivity contribution in [3.8, 4) is 0 Å². The van der Waals surface area contributed by atoms with E-state index < -0.39 is 11.6 Å². The Kier molecular flexibility index (Phi) is 5.46. The number of hydrogen-bond acceptors (Lipinski definition) is 3. The zero-order valence-corrected chi connectivity index (χ0v) is 17.6. The number of urea groups is 1. The number of Topliss-reactive ketones (excluding diaryl/α,β-unsaturated/α-hetero) is 1. The Morgan fingerprint density at radius 1 is 1.10 bits per heavy atom. The van der Waals surface area contributed by atoms with Crippen LogP contribution in [-0.2, 0) is 16.8 Å². The van der Waals surface area contributed by atoms with Gasteiger partial charge in [0.15, 0.2) is 5.78 Å². The number of nitrogens with one attached hydrogen (secondary N) is 1. The van der Waals surface area contributed by atoms with Crippen LogP contribution in [0.3, 0.4) is 0 Å². The highest BCUT2D eigenvalue weighted by molar-refractivity contribution is 6.11. The molecule has 1 aliphatic heterocycles. The van der Waals surface area contributed by atoms with E-state index in [1.165, 1.54) is 5.56 Å². The van der Waals surface area contributed by atoms with Gasteiger partial charge in [-0.2, -0.15) is 0 Å². The van der Waals surface area contributed by atoms with Gasteiger partial charge in [-0.25, -0.2) is 4.79 Å².